The number of thiophene rings is 1. The van der Waals surface area contributed by atoms with Gasteiger partial charge in [-0.2, -0.15) is 0 Å². The first-order chi connectivity index (χ1) is 9.16. The molecule has 0 radical (unpaired) electrons. The van der Waals surface area contributed by atoms with Crippen molar-refractivity contribution in [2.45, 2.75) is 20.0 Å². The number of rotatable bonds is 2. The zero-order valence-corrected chi connectivity index (χ0v) is 11.7. The van der Waals surface area contributed by atoms with Crippen LogP contribution < -0.4 is 0 Å². The Morgan fingerprint density at radius 1 is 1.11 bits per heavy atom. The van der Waals surface area contributed by atoms with Crippen molar-refractivity contribution in [2.24, 2.45) is 0 Å². The van der Waals surface area contributed by atoms with Gasteiger partial charge in [0.2, 0.25) is 0 Å². The molecule has 0 spiro atoms. The van der Waals surface area contributed by atoms with E-state index in [9.17, 15) is 5.11 Å². The topological polar surface area (TPSA) is 33.1 Å². The third-order valence-electron chi connectivity index (χ3n) is 3.37. The highest BCUT2D eigenvalue weighted by molar-refractivity contribution is 7.10. The van der Waals surface area contributed by atoms with Gasteiger partial charge in [-0.05, 0) is 48.6 Å². The molecule has 0 bridgehead atoms. The number of aliphatic hydroxyl groups excluding tert-OH is 1. The van der Waals surface area contributed by atoms with Crippen molar-refractivity contribution in [1.82, 2.24) is 4.98 Å². The Morgan fingerprint density at radius 2 is 1.89 bits per heavy atom. The Kier molecular flexibility index (Phi) is 3.09. The van der Waals surface area contributed by atoms with Gasteiger partial charge in [-0.3, -0.25) is 0 Å². The van der Waals surface area contributed by atoms with Crippen LogP contribution in [0.3, 0.4) is 0 Å². The first-order valence-electron chi connectivity index (χ1n) is 6.25. The molecule has 0 amide bonds. The number of para-hydroxylation sites is 1. The quantitative estimate of drug-likeness (QED) is 0.763. The number of hydrogen-bond donors (Lipinski definition) is 1. The third-order valence-corrected chi connectivity index (χ3v) is 4.44. The summed E-state index contributed by atoms with van der Waals surface area (Å²) in [6.07, 6.45) is -0.636. The maximum Gasteiger partial charge on any atom is 0.130 e. The summed E-state index contributed by atoms with van der Waals surface area (Å²) in [6.45, 7) is 4.07. The van der Waals surface area contributed by atoms with Crippen LogP contribution in [0.25, 0.3) is 10.9 Å². The molecule has 96 valence electrons. The van der Waals surface area contributed by atoms with Gasteiger partial charge < -0.3 is 5.11 Å². The smallest absolute Gasteiger partial charge is 0.130 e. The van der Waals surface area contributed by atoms with E-state index in [0.29, 0.717) is 0 Å². The molecule has 0 aliphatic rings. The molecule has 3 heteroatoms. The molecule has 1 aromatic carbocycles. The summed E-state index contributed by atoms with van der Waals surface area (Å²) in [5.41, 5.74) is 3.92. The Bertz CT molecular complexity index is 732. The first kappa shape index (κ1) is 12.3. The summed E-state index contributed by atoms with van der Waals surface area (Å²) in [6, 6.07) is 12.0. The summed E-state index contributed by atoms with van der Waals surface area (Å²) < 4.78 is 0. The standard InChI is InChI=1S/C16H15NOS/c1-10-7-8-19-16(10)15(18)14-9-11(2)12-5-3-4-6-13(12)17-14/h3-9,15,18H,1-2H3. The van der Waals surface area contributed by atoms with Crippen molar-refractivity contribution >= 4 is 22.2 Å². The fraction of sp³-hybridized carbons (Fsp3) is 0.188. The molecule has 1 N–H and O–H groups in total. The number of hydrogen-bond acceptors (Lipinski definition) is 3. The molecule has 0 saturated heterocycles. The monoisotopic (exact) mass is 269 g/mol. The molecular formula is C16H15NOS. The highest BCUT2D eigenvalue weighted by Crippen LogP contribution is 2.30. The van der Waals surface area contributed by atoms with Gasteiger partial charge in [-0.1, -0.05) is 18.2 Å². The van der Waals surface area contributed by atoms with Crippen LogP contribution in [0.4, 0.5) is 0 Å². The average molecular weight is 269 g/mol. The number of pyridine rings is 1. The number of nitrogens with zero attached hydrogens (tertiary/aromatic N) is 1. The molecule has 19 heavy (non-hydrogen) atoms. The van der Waals surface area contributed by atoms with Crippen LogP contribution in [0.15, 0.2) is 41.8 Å². The minimum absolute atomic E-state index is 0.636. The molecule has 0 fully saturated rings. The van der Waals surface area contributed by atoms with Gasteiger partial charge in [-0.15, -0.1) is 11.3 Å². The molecule has 1 atom stereocenters. The largest absolute Gasteiger partial charge is 0.381 e. The SMILES string of the molecule is Cc1ccsc1C(O)c1cc(C)c2ccccc2n1. The lowest BCUT2D eigenvalue weighted by Crippen LogP contribution is -2.03. The van der Waals surface area contributed by atoms with Gasteiger partial charge >= 0.3 is 0 Å². The van der Waals surface area contributed by atoms with Crippen molar-refractivity contribution in [1.29, 1.82) is 0 Å². The predicted octanol–water partition coefficient (Wildman–Crippen LogP) is 3.99. The first-order valence-corrected chi connectivity index (χ1v) is 7.13. The van der Waals surface area contributed by atoms with Crippen LogP contribution >= 0.6 is 11.3 Å². The molecular weight excluding hydrogens is 254 g/mol. The van der Waals surface area contributed by atoms with Crippen molar-refractivity contribution in [2.75, 3.05) is 0 Å². The lowest BCUT2D eigenvalue weighted by atomic mass is 10.1. The average Bonchev–Trinajstić information content (AvgIpc) is 2.84. The summed E-state index contributed by atoms with van der Waals surface area (Å²) in [5.74, 6) is 0. The Hall–Kier alpha value is -1.71. The van der Waals surface area contributed by atoms with Crippen LogP contribution in [-0.2, 0) is 0 Å². The van der Waals surface area contributed by atoms with E-state index in [1.54, 1.807) is 11.3 Å². The maximum absolute atomic E-state index is 10.5. The lowest BCUT2D eigenvalue weighted by Gasteiger charge is -2.12. The number of aromatic nitrogens is 1. The van der Waals surface area contributed by atoms with Gasteiger partial charge in [0.25, 0.3) is 0 Å². The molecule has 0 aliphatic heterocycles. The number of benzene rings is 1. The van der Waals surface area contributed by atoms with E-state index < -0.39 is 6.10 Å². The van der Waals surface area contributed by atoms with E-state index in [0.717, 1.165) is 32.6 Å². The van der Waals surface area contributed by atoms with E-state index in [-0.39, 0.29) is 0 Å². The van der Waals surface area contributed by atoms with Gasteiger partial charge in [-0.25, -0.2) is 4.98 Å². The van der Waals surface area contributed by atoms with Crippen LogP contribution in [-0.4, -0.2) is 10.1 Å². The molecule has 3 rings (SSSR count). The van der Waals surface area contributed by atoms with Gasteiger partial charge in [0, 0.05) is 10.3 Å². The van der Waals surface area contributed by atoms with E-state index >= 15 is 0 Å². The molecule has 1 unspecified atom stereocenters. The fourth-order valence-corrected chi connectivity index (χ4v) is 3.24. The van der Waals surface area contributed by atoms with E-state index in [1.165, 1.54) is 0 Å². The van der Waals surface area contributed by atoms with Crippen molar-refractivity contribution in [3.8, 4) is 0 Å². The molecule has 2 nitrogen and oxygen atoms in total. The Morgan fingerprint density at radius 3 is 2.63 bits per heavy atom. The van der Waals surface area contributed by atoms with Crippen molar-refractivity contribution in [3.63, 3.8) is 0 Å². The second kappa shape index (κ2) is 4.76. The minimum atomic E-state index is -0.636. The second-order valence-corrected chi connectivity index (χ2v) is 5.70. The van der Waals surface area contributed by atoms with Crippen LogP contribution in [0.2, 0.25) is 0 Å². The van der Waals surface area contributed by atoms with Crippen LogP contribution in [0, 0.1) is 13.8 Å². The normalized spacial score (nSPS) is 12.8. The summed E-state index contributed by atoms with van der Waals surface area (Å²) >= 11 is 1.57. The highest BCUT2D eigenvalue weighted by Gasteiger charge is 2.16. The second-order valence-electron chi connectivity index (χ2n) is 4.75. The summed E-state index contributed by atoms with van der Waals surface area (Å²) in [5, 5.41) is 13.6. The van der Waals surface area contributed by atoms with Gasteiger partial charge in [0.05, 0.1) is 11.2 Å². The Labute approximate surface area is 116 Å². The number of aryl methyl sites for hydroxylation is 2. The van der Waals surface area contributed by atoms with E-state index in [2.05, 4.69) is 18.0 Å². The van der Waals surface area contributed by atoms with Crippen LogP contribution in [0.1, 0.15) is 27.8 Å². The molecule has 2 aromatic heterocycles. The van der Waals surface area contributed by atoms with Gasteiger partial charge in [0.1, 0.15) is 6.10 Å². The summed E-state index contributed by atoms with van der Waals surface area (Å²) in [4.78, 5) is 5.56. The molecule has 2 heterocycles. The summed E-state index contributed by atoms with van der Waals surface area (Å²) in [7, 11) is 0. The zero-order chi connectivity index (χ0) is 13.4. The maximum atomic E-state index is 10.5. The zero-order valence-electron chi connectivity index (χ0n) is 10.9. The predicted molar refractivity (Wildman–Crippen MR) is 79.6 cm³/mol. The van der Waals surface area contributed by atoms with Gasteiger partial charge in [0.15, 0.2) is 0 Å². The third kappa shape index (κ3) is 2.15. The van der Waals surface area contributed by atoms with Crippen molar-refractivity contribution in [3.05, 3.63) is 63.5 Å². The molecule has 3 aromatic rings. The van der Waals surface area contributed by atoms with Crippen LogP contribution in [0.5, 0.6) is 0 Å². The minimum Gasteiger partial charge on any atom is -0.381 e. The van der Waals surface area contributed by atoms with E-state index in [1.807, 2.05) is 42.6 Å². The number of aliphatic hydroxyl groups is 1. The van der Waals surface area contributed by atoms with E-state index in [4.69, 9.17) is 0 Å². The highest BCUT2D eigenvalue weighted by atomic mass is 32.1. The fourth-order valence-electron chi connectivity index (χ4n) is 2.31. The van der Waals surface area contributed by atoms with Crippen molar-refractivity contribution < 1.29 is 5.11 Å². The molecule has 0 aliphatic carbocycles. The number of fused-ring (bicyclic) bond motifs is 1. The Balaban J connectivity index is 2.13. The lowest BCUT2D eigenvalue weighted by molar-refractivity contribution is 0.219. The molecule has 0 saturated carbocycles.